The lowest BCUT2D eigenvalue weighted by Gasteiger charge is -2.11. The Morgan fingerprint density at radius 2 is 1.16 bits per heavy atom. The minimum absolute atomic E-state index is 0.576. The van der Waals surface area contributed by atoms with Crippen LogP contribution in [0.3, 0.4) is 0 Å². The molecule has 0 amide bonds. The molecule has 4 aromatic heterocycles. The highest BCUT2D eigenvalue weighted by Gasteiger charge is 2.20. The van der Waals surface area contributed by atoms with E-state index in [4.69, 9.17) is 15.0 Å². The van der Waals surface area contributed by atoms with Crippen LogP contribution in [0.1, 0.15) is 0 Å². The number of benzene rings is 5. The van der Waals surface area contributed by atoms with Crippen molar-refractivity contribution >= 4 is 53.4 Å². The Bertz CT molecular complexity index is 2480. The third-order valence-electron chi connectivity index (χ3n) is 8.04. The van der Waals surface area contributed by atoms with Gasteiger partial charge >= 0.3 is 0 Å². The first kappa shape index (κ1) is 24.8. The van der Waals surface area contributed by atoms with Crippen LogP contribution in [0.5, 0.6) is 0 Å². The van der Waals surface area contributed by atoms with Crippen molar-refractivity contribution in [3.05, 3.63) is 134 Å². The molecule has 0 N–H and O–H groups in total. The summed E-state index contributed by atoms with van der Waals surface area (Å²) in [6.45, 7) is 0. The molecule has 0 spiro atoms. The zero-order valence-electron chi connectivity index (χ0n) is 23.3. The minimum Gasteiger partial charge on any atom is -0.278 e. The smallest absolute Gasteiger partial charge is 0.238 e. The fraction of sp³-hybridized carbons (Fsp3) is 0. The van der Waals surface area contributed by atoms with E-state index in [0.29, 0.717) is 17.6 Å². The topological polar surface area (TPSA) is 69.4 Å². The number of hydrogen-bond acceptors (Lipinski definition) is 6. The Morgan fingerprint density at radius 1 is 0.523 bits per heavy atom. The van der Waals surface area contributed by atoms with Gasteiger partial charge in [0.2, 0.25) is 5.95 Å². The van der Waals surface area contributed by atoms with E-state index in [-0.39, 0.29) is 0 Å². The number of para-hydroxylation sites is 1. The molecule has 0 radical (unpaired) electrons. The number of thiophene rings is 1. The summed E-state index contributed by atoms with van der Waals surface area (Å²) in [6.07, 6.45) is 3.51. The molecule has 44 heavy (non-hydrogen) atoms. The summed E-state index contributed by atoms with van der Waals surface area (Å²) in [4.78, 5) is 24.0. The normalized spacial score (nSPS) is 11.6. The molecule has 6 nitrogen and oxygen atoms in total. The van der Waals surface area contributed by atoms with Crippen molar-refractivity contribution in [2.24, 2.45) is 0 Å². The number of aromatic nitrogens is 6. The van der Waals surface area contributed by atoms with Crippen LogP contribution >= 0.6 is 11.3 Å². The van der Waals surface area contributed by atoms with Gasteiger partial charge in [0.15, 0.2) is 11.6 Å². The Kier molecular flexibility index (Phi) is 5.57. The monoisotopic (exact) mass is 582 g/mol. The third-order valence-corrected chi connectivity index (χ3v) is 9.19. The Labute approximate surface area is 256 Å². The predicted molar refractivity (Wildman–Crippen MR) is 179 cm³/mol. The first-order valence-electron chi connectivity index (χ1n) is 14.3. The highest BCUT2D eigenvalue weighted by Crippen LogP contribution is 2.42. The van der Waals surface area contributed by atoms with Gasteiger partial charge in [0, 0.05) is 38.2 Å². The van der Waals surface area contributed by atoms with Gasteiger partial charge in [-0.1, -0.05) is 103 Å². The molecule has 0 bridgehead atoms. The van der Waals surface area contributed by atoms with E-state index >= 15 is 0 Å². The van der Waals surface area contributed by atoms with Gasteiger partial charge in [0.1, 0.15) is 6.33 Å². The van der Waals surface area contributed by atoms with Crippen molar-refractivity contribution in [2.75, 3.05) is 0 Å². The van der Waals surface area contributed by atoms with Crippen LogP contribution in [0, 0.1) is 0 Å². The molecule has 0 atom stereocenters. The van der Waals surface area contributed by atoms with Crippen LogP contribution in [-0.2, 0) is 0 Å². The maximum absolute atomic E-state index is 5.12. The standard InChI is InChI=1S/C37H22N6S/c1-3-9-23(10-4-1)24-15-17-26(18-16-24)36-40-35(25-11-5-2-6-12-25)41-37(42-36)43-29-14-8-7-13-27(29)32-30(43)20-19-28-33-31(44-34(28)32)21-38-22-39-33/h1-22H. The Hall–Kier alpha value is -5.79. The van der Waals surface area contributed by atoms with E-state index in [1.165, 1.54) is 10.3 Å². The van der Waals surface area contributed by atoms with Crippen molar-refractivity contribution < 1.29 is 0 Å². The third kappa shape index (κ3) is 3.91. The molecular weight excluding hydrogens is 561 g/mol. The molecule has 0 saturated heterocycles. The van der Waals surface area contributed by atoms with Gasteiger partial charge in [-0.25, -0.2) is 15.0 Å². The van der Waals surface area contributed by atoms with Gasteiger partial charge in [-0.15, -0.1) is 11.3 Å². The van der Waals surface area contributed by atoms with E-state index in [0.717, 1.165) is 54.1 Å². The summed E-state index contributed by atoms with van der Waals surface area (Å²) in [5.74, 6) is 1.83. The second-order valence-electron chi connectivity index (χ2n) is 10.6. The van der Waals surface area contributed by atoms with E-state index in [1.54, 1.807) is 17.7 Å². The minimum atomic E-state index is 0.576. The molecular formula is C37H22N6S. The first-order chi connectivity index (χ1) is 21.8. The van der Waals surface area contributed by atoms with Crippen molar-refractivity contribution in [1.82, 2.24) is 29.5 Å². The average molecular weight is 583 g/mol. The first-order valence-corrected chi connectivity index (χ1v) is 15.2. The Morgan fingerprint density at radius 3 is 1.93 bits per heavy atom. The fourth-order valence-electron chi connectivity index (χ4n) is 5.99. The van der Waals surface area contributed by atoms with Crippen LogP contribution in [-0.4, -0.2) is 29.5 Å². The quantitative estimate of drug-likeness (QED) is 0.207. The van der Waals surface area contributed by atoms with Crippen LogP contribution in [0.25, 0.3) is 82.0 Å². The SMILES string of the molecule is c1ccc(-c2ccc(-c3nc(-c4ccccc4)nc(-n4c5ccccc5c5c6sc7cncnc7c6ccc54)n3)cc2)cc1. The molecule has 0 aliphatic carbocycles. The number of nitrogens with zero attached hydrogens (tertiary/aromatic N) is 6. The van der Waals surface area contributed by atoms with E-state index < -0.39 is 0 Å². The summed E-state index contributed by atoms with van der Waals surface area (Å²) in [6, 6.07) is 41.7. The second-order valence-corrected chi connectivity index (χ2v) is 11.7. The van der Waals surface area contributed by atoms with E-state index in [1.807, 2.05) is 42.6 Å². The van der Waals surface area contributed by atoms with Crippen LogP contribution in [0.15, 0.2) is 134 Å². The average Bonchev–Trinajstić information content (AvgIpc) is 3.65. The van der Waals surface area contributed by atoms with Gasteiger partial charge in [0.25, 0.3) is 0 Å². The van der Waals surface area contributed by atoms with Gasteiger partial charge in [-0.05, 0) is 29.3 Å². The predicted octanol–water partition coefficient (Wildman–Crippen LogP) is 9.13. The van der Waals surface area contributed by atoms with Crippen molar-refractivity contribution in [3.63, 3.8) is 0 Å². The van der Waals surface area contributed by atoms with Crippen molar-refractivity contribution in [2.45, 2.75) is 0 Å². The maximum Gasteiger partial charge on any atom is 0.238 e. The van der Waals surface area contributed by atoms with Gasteiger partial charge in [-0.3, -0.25) is 4.57 Å². The molecule has 0 fully saturated rings. The molecule has 9 rings (SSSR count). The molecule has 0 aliphatic rings. The molecule has 0 unspecified atom stereocenters. The molecule has 206 valence electrons. The summed E-state index contributed by atoms with van der Waals surface area (Å²) in [5.41, 5.74) is 7.23. The summed E-state index contributed by atoms with van der Waals surface area (Å²) >= 11 is 1.72. The lowest BCUT2D eigenvalue weighted by molar-refractivity contribution is 0.953. The van der Waals surface area contributed by atoms with Gasteiger partial charge in [-0.2, -0.15) is 9.97 Å². The van der Waals surface area contributed by atoms with Crippen molar-refractivity contribution in [1.29, 1.82) is 0 Å². The fourth-order valence-corrected chi connectivity index (χ4v) is 7.18. The zero-order chi connectivity index (χ0) is 29.0. The lowest BCUT2D eigenvalue weighted by atomic mass is 10.0. The van der Waals surface area contributed by atoms with Gasteiger partial charge in [0.05, 0.1) is 21.3 Å². The number of hydrogen-bond donors (Lipinski definition) is 0. The molecule has 7 heteroatoms. The number of fused-ring (bicyclic) bond motifs is 7. The maximum atomic E-state index is 5.12. The highest BCUT2D eigenvalue weighted by atomic mass is 32.1. The number of rotatable bonds is 4. The zero-order valence-corrected chi connectivity index (χ0v) is 24.1. The van der Waals surface area contributed by atoms with Gasteiger partial charge < -0.3 is 0 Å². The molecule has 4 heterocycles. The summed E-state index contributed by atoms with van der Waals surface area (Å²) in [7, 11) is 0. The molecule has 5 aromatic carbocycles. The summed E-state index contributed by atoms with van der Waals surface area (Å²) in [5, 5.41) is 3.43. The van der Waals surface area contributed by atoms with Crippen molar-refractivity contribution in [3.8, 4) is 39.9 Å². The van der Waals surface area contributed by atoms with Crippen LogP contribution < -0.4 is 0 Å². The molecule has 0 saturated carbocycles. The highest BCUT2D eigenvalue weighted by molar-refractivity contribution is 7.26. The Balaban J connectivity index is 1.30. The van der Waals surface area contributed by atoms with E-state index in [9.17, 15) is 0 Å². The lowest BCUT2D eigenvalue weighted by Crippen LogP contribution is -2.06. The van der Waals surface area contributed by atoms with Crippen LogP contribution in [0.2, 0.25) is 0 Å². The molecule has 0 aliphatic heterocycles. The molecule has 9 aromatic rings. The van der Waals surface area contributed by atoms with E-state index in [2.05, 4.69) is 99.5 Å². The summed E-state index contributed by atoms with van der Waals surface area (Å²) < 4.78 is 4.41. The largest absolute Gasteiger partial charge is 0.278 e. The van der Waals surface area contributed by atoms with Crippen LogP contribution in [0.4, 0.5) is 0 Å². The second kappa shape index (κ2) is 9.90.